The standard InChI is InChI=1S/C17H16N2O5/c20-18(21)9-2-1-8(13(5-9)19(22)23)7-24-14-6-12-10-3-4-11-15(10)17(12)16(11)14/h1-5,10-12,14-17H,6-7H2/t10-,11+,12+,14+,15+,16-,17+/m0/s1. The summed E-state index contributed by atoms with van der Waals surface area (Å²) in [6.45, 7) is 0.140. The zero-order valence-corrected chi connectivity index (χ0v) is 12.8. The van der Waals surface area contributed by atoms with Crippen LogP contribution in [0.25, 0.3) is 0 Å². The molecular formula is C17H16N2O5. The molecule has 1 aromatic carbocycles. The maximum Gasteiger partial charge on any atom is 0.281 e. The molecule has 0 unspecified atom stereocenters. The van der Waals surface area contributed by atoms with Crippen molar-refractivity contribution < 1.29 is 14.6 Å². The molecule has 0 amide bonds. The number of nitro benzene ring substituents is 2. The summed E-state index contributed by atoms with van der Waals surface area (Å²) in [5, 5.41) is 22.0. The van der Waals surface area contributed by atoms with Gasteiger partial charge < -0.3 is 4.74 Å². The molecule has 0 bridgehead atoms. The van der Waals surface area contributed by atoms with Crippen LogP contribution in [-0.2, 0) is 11.3 Å². The highest BCUT2D eigenvalue weighted by molar-refractivity contribution is 5.48. The molecule has 7 atom stereocenters. The molecule has 0 aromatic heterocycles. The van der Waals surface area contributed by atoms with E-state index >= 15 is 0 Å². The van der Waals surface area contributed by atoms with E-state index in [1.807, 2.05) is 0 Å². The molecule has 0 aliphatic heterocycles. The molecule has 0 N–H and O–H groups in total. The Bertz CT molecular complexity index is 791. The van der Waals surface area contributed by atoms with E-state index in [9.17, 15) is 20.2 Å². The van der Waals surface area contributed by atoms with E-state index in [2.05, 4.69) is 12.2 Å². The summed E-state index contributed by atoms with van der Waals surface area (Å²) in [6.07, 6.45) is 5.90. The molecule has 4 aliphatic rings. The van der Waals surface area contributed by atoms with Gasteiger partial charge in [0, 0.05) is 6.07 Å². The third kappa shape index (κ3) is 1.65. The monoisotopic (exact) mass is 328 g/mol. The van der Waals surface area contributed by atoms with Crippen molar-refractivity contribution in [2.75, 3.05) is 0 Å². The van der Waals surface area contributed by atoms with Gasteiger partial charge in [-0.15, -0.1) is 0 Å². The van der Waals surface area contributed by atoms with Crippen LogP contribution >= 0.6 is 0 Å². The summed E-state index contributed by atoms with van der Waals surface area (Å²) in [7, 11) is 0. The Morgan fingerprint density at radius 3 is 2.58 bits per heavy atom. The number of nitrogens with zero attached hydrogens (tertiary/aromatic N) is 2. The van der Waals surface area contributed by atoms with Crippen molar-refractivity contribution in [1.82, 2.24) is 0 Å². The maximum absolute atomic E-state index is 11.2. The van der Waals surface area contributed by atoms with Gasteiger partial charge in [0.25, 0.3) is 11.4 Å². The Hall–Kier alpha value is -2.28. The zero-order chi connectivity index (χ0) is 16.6. The van der Waals surface area contributed by atoms with Gasteiger partial charge in [-0.2, -0.15) is 0 Å². The van der Waals surface area contributed by atoms with Gasteiger partial charge in [0.1, 0.15) is 0 Å². The second kappa shape index (κ2) is 4.63. The molecular weight excluding hydrogens is 312 g/mol. The predicted molar refractivity (Wildman–Crippen MR) is 83.0 cm³/mol. The summed E-state index contributed by atoms with van der Waals surface area (Å²) >= 11 is 0. The van der Waals surface area contributed by atoms with E-state index < -0.39 is 9.85 Å². The minimum atomic E-state index is -0.621. The zero-order valence-electron chi connectivity index (χ0n) is 12.8. The first-order valence-corrected chi connectivity index (χ1v) is 8.28. The Balaban J connectivity index is 1.33. The number of hydrogen-bond acceptors (Lipinski definition) is 5. The highest BCUT2D eigenvalue weighted by atomic mass is 16.6. The highest BCUT2D eigenvalue weighted by Gasteiger charge is 2.72. The van der Waals surface area contributed by atoms with Gasteiger partial charge in [0.05, 0.1) is 34.2 Å². The number of nitro groups is 2. The molecule has 24 heavy (non-hydrogen) atoms. The van der Waals surface area contributed by atoms with Crippen molar-refractivity contribution >= 4 is 11.4 Å². The molecule has 0 saturated heterocycles. The third-order valence-corrected chi connectivity index (χ3v) is 6.63. The van der Waals surface area contributed by atoms with Gasteiger partial charge in [0.15, 0.2) is 0 Å². The molecule has 1 aromatic rings. The molecule has 5 rings (SSSR count). The molecule has 7 heteroatoms. The van der Waals surface area contributed by atoms with Gasteiger partial charge in [-0.1, -0.05) is 12.2 Å². The van der Waals surface area contributed by atoms with E-state index in [4.69, 9.17) is 4.74 Å². The largest absolute Gasteiger partial charge is 0.373 e. The molecule has 7 nitrogen and oxygen atoms in total. The van der Waals surface area contributed by atoms with E-state index in [1.54, 1.807) is 0 Å². The second-order valence-corrected chi connectivity index (χ2v) is 7.35. The van der Waals surface area contributed by atoms with Crippen molar-refractivity contribution in [1.29, 1.82) is 0 Å². The summed E-state index contributed by atoms with van der Waals surface area (Å²) in [6, 6.07) is 3.75. The van der Waals surface area contributed by atoms with Gasteiger partial charge in [-0.25, -0.2) is 0 Å². The lowest BCUT2D eigenvalue weighted by Gasteiger charge is -2.60. The quantitative estimate of drug-likeness (QED) is 0.470. The first kappa shape index (κ1) is 14.1. The van der Waals surface area contributed by atoms with Gasteiger partial charge >= 0.3 is 0 Å². The average molecular weight is 328 g/mol. The second-order valence-electron chi connectivity index (χ2n) is 7.35. The van der Waals surface area contributed by atoms with E-state index in [0.717, 1.165) is 36.2 Å². The van der Waals surface area contributed by atoms with Crippen LogP contribution in [0.3, 0.4) is 0 Å². The van der Waals surface area contributed by atoms with Crippen molar-refractivity contribution in [2.24, 2.45) is 35.5 Å². The van der Waals surface area contributed by atoms with Crippen molar-refractivity contribution in [3.8, 4) is 0 Å². The topological polar surface area (TPSA) is 95.5 Å². The Morgan fingerprint density at radius 2 is 1.83 bits per heavy atom. The molecule has 0 heterocycles. The molecule has 0 spiro atoms. The Labute approximate surface area is 137 Å². The molecule has 3 saturated carbocycles. The average Bonchev–Trinajstić information content (AvgIpc) is 2.81. The number of hydrogen-bond donors (Lipinski definition) is 0. The first-order valence-electron chi connectivity index (χ1n) is 8.28. The van der Waals surface area contributed by atoms with Crippen LogP contribution in [-0.4, -0.2) is 16.0 Å². The lowest BCUT2D eigenvalue weighted by molar-refractivity contribution is -0.394. The molecule has 124 valence electrons. The van der Waals surface area contributed by atoms with E-state index in [0.29, 0.717) is 17.4 Å². The number of ether oxygens (including phenoxy) is 1. The lowest BCUT2D eigenvalue weighted by atomic mass is 9.44. The first-order chi connectivity index (χ1) is 11.6. The minimum absolute atomic E-state index is 0.140. The van der Waals surface area contributed by atoms with Crippen LogP contribution in [0.5, 0.6) is 0 Å². The lowest BCUT2D eigenvalue weighted by Crippen LogP contribution is -2.57. The summed E-state index contributed by atoms with van der Waals surface area (Å²) < 4.78 is 6.06. The normalized spacial score (nSPS) is 39.9. The minimum Gasteiger partial charge on any atom is -0.373 e. The van der Waals surface area contributed by atoms with Crippen molar-refractivity contribution in [3.63, 3.8) is 0 Å². The summed E-state index contributed by atoms with van der Waals surface area (Å²) in [4.78, 5) is 20.8. The predicted octanol–water partition coefficient (Wildman–Crippen LogP) is 3.09. The SMILES string of the molecule is O=[N+]([O-])c1ccc(CO[C@@H]2C[C@@H]3[C@@H]4C=C[C@@H]5[C@@H]4[C@@H]3[C@@H]52)c([N+](=O)[O-])c1. The Kier molecular flexibility index (Phi) is 2.72. The fourth-order valence-electron chi connectivity index (χ4n) is 5.71. The van der Waals surface area contributed by atoms with Crippen LogP contribution in [0.4, 0.5) is 11.4 Å². The molecule has 0 radical (unpaired) electrons. The number of benzene rings is 1. The van der Waals surface area contributed by atoms with Crippen LogP contribution in [0.2, 0.25) is 0 Å². The summed E-state index contributed by atoms with van der Waals surface area (Å²) in [5.41, 5.74) is -0.104. The van der Waals surface area contributed by atoms with Gasteiger partial charge in [-0.3, -0.25) is 20.2 Å². The highest BCUT2D eigenvalue weighted by Crippen LogP contribution is 2.75. The number of non-ortho nitro benzene ring substituents is 1. The molecule has 4 aliphatic carbocycles. The number of allylic oxidation sites excluding steroid dienone is 2. The van der Waals surface area contributed by atoms with Crippen LogP contribution in [0.1, 0.15) is 12.0 Å². The summed E-state index contributed by atoms with van der Waals surface area (Å²) in [5.74, 6) is 4.28. The van der Waals surface area contributed by atoms with Crippen LogP contribution < -0.4 is 0 Å². The van der Waals surface area contributed by atoms with E-state index in [1.165, 1.54) is 12.1 Å². The van der Waals surface area contributed by atoms with Crippen molar-refractivity contribution in [2.45, 2.75) is 19.1 Å². The fraction of sp³-hybridized carbons (Fsp3) is 0.529. The molecule has 3 fully saturated rings. The van der Waals surface area contributed by atoms with Crippen LogP contribution in [0, 0.1) is 55.7 Å². The maximum atomic E-state index is 11.2. The van der Waals surface area contributed by atoms with Gasteiger partial charge in [0.2, 0.25) is 0 Å². The van der Waals surface area contributed by atoms with E-state index in [-0.39, 0.29) is 24.1 Å². The van der Waals surface area contributed by atoms with Crippen LogP contribution in [0.15, 0.2) is 30.4 Å². The fourth-order valence-corrected chi connectivity index (χ4v) is 5.71. The number of rotatable bonds is 5. The Morgan fingerprint density at radius 1 is 1.04 bits per heavy atom. The van der Waals surface area contributed by atoms with Gasteiger partial charge in [-0.05, 0) is 48.0 Å². The smallest absolute Gasteiger partial charge is 0.281 e. The third-order valence-electron chi connectivity index (χ3n) is 6.63. The van der Waals surface area contributed by atoms with Crippen molar-refractivity contribution in [3.05, 3.63) is 56.1 Å². The number of fused-ring (bicyclic) bond motifs is 2.